The molecule has 1 saturated heterocycles. The van der Waals surface area contributed by atoms with E-state index >= 15 is 0 Å². The summed E-state index contributed by atoms with van der Waals surface area (Å²) in [5.74, 6) is -0.0479. The predicted molar refractivity (Wildman–Crippen MR) is 109 cm³/mol. The molecule has 156 valence electrons. The second-order valence-electron chi connectivity index (χ2n) is 7.13. The smallest absolute Gasteiger partial charge is 0.327 e. The van der Waals surface area contributed by atoms with E-state index in [1.165, 1.54) is 19.2 Å². The third kappa shape index (κ3) is 4.89. The highest BCUT2D eigenvalue weighted by Crippen LogP contribution is 2.41. The predicted octanol–water partition coefficient (Wildman–Crippen LogP) is 4.04. The highest BCUT2D eigenvalue weighted by atomic mass is 35.5. The van der Waals surface area contributed by atoms with E-state index in [0.717, 1.165) is 24.2 Å². The van der Waals surface area contributed by atoms with Crippen LogP contribution in [0.4, 0.5) is 4.39 Å². The third-order valence-electron chi connectivity index (χ3n) is 5.47. The number of benzene rings is 2. The van der Waals surface area contributed by atoms with Crippen molar-refractivity contribution in [3.8, 4) is 5.75 Å². The average Bonchev–Trinajstić information content (AvgIpc) is 2.75. The molecule has 5 nitrogen and oxygen atoms in total. The summed E-state index contributed by atoms with van der Waals surface area (Å²) >= 11 is 6.28. The fraction of sp³-hybridized carbons (Fsp3) is 0.409. The lowest BCUT2D eigenvalue weighted by Gasteiger charge is -2.39. The molecule has 29 heavy (non-hydrogen) atoms. The molecule has 0 radical (unpaired) electrons. The fourth-order valence-electron chi connectivity index (χ4n) is 3.81. The Morgan fingerprint density at radius 3 is 2.52 bits per heavy atom. The summed E-state index contributed by atoms with van der Waals surface area (Å²) < 4.78 is 29.5. The summed E-state index contributed by atoms with van der Waals surface area (Å²) in [7, 11) is 2.97. The first-order valence-electron chi connectivity index (χ1n) is 9.47. The Kier molecular flexibility index (Phi) is 7.11. The minimum atomic E-state index is -0.717. The standard InChI is InChI=1S/C22H25ClFNO4/c1-27-19-8-5-16(23)13-18(19)22(9-11-29-12-10-22)14-25-20(21(26)28-2)15-3-6-17(24)7-4-15/h3-8,13,20,25H,9-12,14H2,1-2H3. The van der Waals surface area contributed by atoms with Crippen molar-refractivity contribution >= 4 is 17.6 Å². The van der Waals surface area contributed by atoms with E-state index in [1.807, 2.05) is 12.1 Å². The van der Waals surface area contributed by atoms with Gasteiger partial charge in [-0.25, -0.2) is 9.18 Å². The van der Waals surface area contributed by atoms with Crippen LogP contribution in [-0.4, -0.2) is 39.9 Å². The van der Waals surface area contributed by atoms with Crippen molar-refractivity contribution in [1.82, 2.24) is 5.32 Å². The van der Waals surface area contributed by atoms with Gasteiger partial charge >= 0.3 is 5.97 Å². The molecule has 1 N–H and O–H groups in total. The van der Waals surface area contributed by atoms with Crippen molar-refractivity contribution in [2.75, 3.05) is 34.0 Å². The van der Waals surface area contributed by atoms with Crippen molar-refractivity contribution in [2.45, 2.75) is 24.3 Å². The van der Waals surface area contributed by atoms with Gasteiger partial charge in [-0.05, 0) is 48.7 Å². The SMILES string of the molecule is COC(=O)C(NCC1(c2cc(Cl)ccc2OC)CCOCC1)c1ccc(F)cc1. The van der Waals surface area contributed by atoms with E-state index in [1.54, 1.807) is 25.3 Å². The van der Waals surface area contributed by atoms with E-state index in [9.17, 15) is 9.18 Å². The Balaban J connectivity index is 1.92. The van der Waals surface area contributed by atoms with Crippen LogP contribution in [0.5, 0.6) is 5.75 Å². The molecular formula is C22H25ClFNO4. The molecule has 1 heterocycles. The minimum absolute atomic E-state index is 0.333. The van der Waals surface area contributed by atoms with Crippen LogP contribution < -0.4 is 10.1 Å². The minimum Gasteiger partial charge on any atom is -0.496 e. The van der Waals surface area contributed by atoms with Crippen LogP contribution >= 0.6 is 11.6 Å². The maximum Gasteiger partial charge on any atom is 0.327 e. The number of nitrogens with one attached hydrogen (secondary N) is 1. The van der Waals surface area contributed by atoms with Gasteiger partial charge < -0.3 is 14.2 Å². The second-order valence-corrected chi connectivity index (χ2v) is 7.56. The molecule has 1 fully saturated rings. The van der Waals surface area contributed by atoms with Crippen LogP contribution in [0.3, 0.4) is 0 Å². The van der Waals surface area contributed by atoms with E-state index in [0.29, 0.717) is 30.3 Å². The monoisotopic (exact) mass is 421 g/mol. The molecule has 0 aliphatic carbocycles. The molecule has 3 rings (SSSR count). The number of carbonyl (C=O) groups excluding carboxylic acids is 1. The van der Waals surface area contributed by atoms with Crippen LogP contribution in [0.1, 0.15) is 30.0 Å². The van der Waals surface area contributed by atoms with Crippen LogP contribution in [0.25, 0.3) is 0 Å². The normalized spacial score (nSPS) is 16.8. The first-order valence-corrected chi connectivity index (χ1v) is 9.85. The Bertz CT molecular complexity index is 837. The van der Waals surface area contributed by atoms with Crippen LogP contribution in [0.15, 0.2) is 42.5 Å². The molecule has 1 atom stereocenters. The highest BCUT2D eigenvalue weighted by molar-refractivity contribution is 6.30. The van der Waals surface area contributed by atoms with Crippen molar-refractivity contribution < 1.29 is 23.4 Å². The van der Waals surface area contributed by atoms with E-state index < -0.39 is 12.0 Å². The molecule has 0 saturated carbocycles. The summed E-state index contributed by atoms with van der Waals surface area (Å²) in [6.07, 6.45) is 1.49. The van der Waals surface area contributed by atoms with Crippen LogP contribution in [-0.2, 0) is 19.7 Å². The Morgan fingerprint density at radius 2 is 1.90 bits per heavy atom. The number of ether oxygens (including phenoxy) is 3. The molecule has 7 heteroatoms. The summed E-state index contributed by atoms with van der Waals surface area (Å²) in [5.41, 5.74) is 1.28. The molecule has 2 aromatic rings. The van der Waals surface area contributed by atoms with Crippen LogP contribution in [0.2, 0.25) is 5.02 Å². The number of halogens is 2. The van der Waals surface area contributed by atoms with Crippen molar-refractivity contribution in [3.05, 3.63) is 64.4 Å². The quantitative estimate of drug-likeness (QED) is 0.684. The number of rotatable bonds is 7. The molecule has 1 unspecified atom stereocenters. The Hall–Kier alpha value is -2.15. The summed E-state index contributed by atoms with van der Waals surface area (Å²) in [6.45, 7) is 1.66. The van der Waals surface area contributed by atoms with E-state index in [-0.39, 0.29) is 11.2 Å². The maximum absolute atomic E-state index is 13.3. The summed E-state index contributed by atoms with van der Waals surface area (Å²) in [4.78, 5) is 12.4. The summed E-state index contributed by atoms with van der Waals surface area (Å²) in [6, 6.07) is 10.7. The largest absolute Gasteiger partial charge is 0.496 e. The number of hydrogen-bond acceptors (Lipinski definition) is 5. The van der Waals surface area contributed by atoms with E-state index in [4.69, 9.17) is 25.8 Å². The van der Waals surface area contributed by atoms with Gasteiger partial charge in [0.25, 0.3) is 0 Å². The van der Waals surface area contributed by atoms with Gasteiger partial charge in [-0.15, -0.1) is 0 Å². The first-order chi connectivity index (χ1) is 14.0. The number of esters is 1. The number of carbonyl (C=O) groups is 1. The lowest BCUT2D eigenvalue weighted by Crippen LogP contribution is -2.45. The molecule has 1 aliphatic heterocycles. The molecule has 1 aliphatic rings. The van der Waals surface area contributed by atoms with Gasteiger partial charge in [0.1, 0.15) is 17.6 Å². The zero-order chi connectivity index (χ0) is 20.9. The van der Waals surface area contributed by atoms with Gasteiger partial charge in [0.2, 0.25) is 0 Å². The van der Waals surface area contributed by atoms with Gasteiger partial charge in [-0.2, -0.15) is 0 Å². The molecule has 0 spiro atoms. The molecule has 0 bridgehead atoms. The lowest BCUT2D eigenvalue weighted by molar-refractivity contribution is -0.143. The second kappa shape index (κ2) is 9.57. The average molecular weight is 422 g/mol. The molecular weight excluding hydrogens is 397 g/mol. The molecule has 2 aromatic carbocycles. The summed E-state index contributed by atoms with van der Waals surface area (Å²) in [5, 5.41) is 3.95. The van der Waals surface area contributed by atoms with Gasteiger partial charge in [0, 0.05) is 35.8 Å². The molecule has 0 amide bonds. The van der Waals surface area contributed by atoms with Crippen molar-refractivity contribution in [3.63, 3.8) is 0 Å². The van der Waals surface area contributed by atoms with Gasteiger partial charge in [-0.3, -0.25) is 5.32 Å². The zero-order valence-corrected chi connectivity index (χ0v) is 17.3. The number of methoxy groups -OCH3 is 2. The third-order valence-corrected chi connectivity index (χ3v) is 5.70. The lowest BCUT2D eigenvalue weighted by atomic mass is 9.73. The Labute approximate surface area is 175 Å². The Morgan fingerprint density at radius 1 is 1.21 bits per heavy atom. The van der Waals surface area contributed by atoms with Crippen LogP contribution in [0, 0.1) is 5.82 Å². The number of hydrogen-bond donors (Lipinski definition) is 1. The fourth-order valence-corrected chi connectivity index (χ4v) is 3.98. The maximum atomic E-state index is 13.3. The van der Waals surface area contributed by atoms with Gasteiger partial charge in [0.15, 0.2) is 0 Å². The topological polar surface area (TPSA) is 56.8 Å². The first kappa shape index (κ1) is 21.6. The van der Waals surface area contributed by atoms with Crippen molar-refractivity contribution in [2.24, 2.45) is 0 Å². The van der Waals surface area contributed by atoms with Crippen molar-refractivity contribution in [1.29, 1.82) is 0 Å². The zero-order valence-electron chi connectivity index (χ0n) is 16.5. The van der Waals surface area contributed by atoms with Gasteiger partial charge in [-0.1, -0.05) is 23.7 Å². The molecule has 0 aromatic heterocycles. The van der Waals surface area contributed by atoms with E-state index in [2.05, 4.69) is 5.32 Å². The van der Waals surface area contributed by atoms with Gasteiger partial charge in [0.05, 0.1) is 14.2 Å². The highest BCUT2D eigenvalue weighted by Gasteiger charge is 2.38.